The van der Waals surface area contributed by atoms with Crippen molar-refractivity contribution in [3.05, 3.63) is 46.7 Å². The molecule has 4 N–H and O–H groups in total. The third-order valence-corrected chi connectivity index (χ3v) is 5.36. The van der Waals surface area contributed by atoms with Crippen LogP contribution in [0, 0.1) is 0 Å². The summed E-state index contributed by atoms with van der Waals surface area (Å²) in [6, 6.07) is 11.0. The number of nitrogens with zero attached hydrogens (tertiary/aromatic N) is 1. The summed E-state index contributed by atoms with van der Waals surface area (Å²) in [5.74, 6) is -0.214. The van der Waals surface area contributed by atoms with Crippen LogP contribution in [0.1, 0.15) is 18.2 Å². The fourth-order valence-corrected chi connectivity index (χ4v) is 4.09. The number of aromatic nitrogens is 1. The second-order valence-corrected chi connectivity index (χ2v) is 7.67. The van der Waals surface area contributed by atoms with Crippen molar-refractivity contribution in [2.45, 2.75) is 19.8 Å². The lowest BCUT2D eigenvalue weighted by Gasteiger charge is -2.07. The van der Waals surface area contributed by atoms with Gasteiger partial charge >= 0.3 is 0 Å². The van der Waals surface area contributed by atoms with Crippen molar-refractivity contribution in [3.8, 4) is 10.6 Å². The van der Waals surface area contributed by atoms with E-state index in [9.17, 15) is 9.59 Å². The molecule has 1 aromatic carbocycles. The second-order valence-electron chi connectivity index (χ2n) is 5.61. The molecule has 0 saturated carbocycles. The van der Waals surface area contributed by atoms with Crippen LogP contribution in [0.5, 0.6) is 0 Å². The molecule has 0 unspecified atom stereocenters. The van der Waals surface area contributed by atoms with E-state index in [1.165, 1.54) is 18.3 Å². The maximum atomic E-state index is 12.2. The number of nitrogen functional groups attached to an aromatic ring is 1. The minimum atomic E-state index is -0.132. The van der Waals surface area contributed by atoms with Gasteiger partial charge in [-0.2, -0.15) is 0 Å². The van der Waals surface area contributed by atoms with E-state index in [0.29, 0.717) is 29.3 Å². The Kier molecular flexibility index (Phi) is 5.65. The van der Waals surface area contributed by atoms with Gasteiger partial charge in [-0.05, 0) is 42.1 Å². The summed E-state index contributed by atoms with van der Waals surface area (Å²) >= 11 is 3.03. The lowest BCUT2D eigenvalue weighted by Crippen LogP contribution is -2.12. The van der Waals surface area contributed by atoms with Crippen LogP contribution in [0.4, 0.5) is 16.5 Å². The van der Waals surface area contributed by atoms with E-state index in [4.69, 9.17) is 5.73 Å². The number of benzene rings is 1. The average molecular weight is 387 g/mol. The van der Waals surface area contributed by atoms with Crippen LogP contribution in [0.15, 0.2) is 41.8 Å². The number of nitrogens with two attached hydrogens (primary N) is 1. The molecule has 0 aliphatic heterocycles. The number of aryl methyl sites for hydroxylation is 1. The maximum Gasteiger partial charge on any atom is 0.224 e. The average Bonchev–Trinajstić information content (AvgIpc) is 3.23. The van der Waals surface area contributed by atoms with Crippen LogP contribution in [0.3, 0.4) is 0 Å². The number of hydrogen-bond donors (Lipinski definition) is 3. The highest BCUT2D eigenvalue weighted by molar-refractivity contribution is 7.17. The molecule has 8 heteroatoms. The van der Waals surface area contributed by atoms with Crippen LogP contribution in [0.2, 0.25) is 0 Å². The molecule has 0 radical (unpaired) electrons. The number of carbonyl (C=O) groups excluding carboxylic acids is 2. The standard InChI is InChI=1S/C18H18N4O2S2/c1-11(23)20-12-4-6-13(7-5-12)21-16(24)9-8-15-17(22-18(19)26-15)14-3-2-10-25-14/h2-7,10H,8-9H2,1H3,(H2,19,22)(H,20,23)(H,21,24). The maximum absolute atomic E-state index is 12.2. The molecule has 134 valence electrons. The smallest absolute Gasteiger partial charge is 0.224 e. The van der Waals surface area contributed by atoms with Crippen LogP contribution >= 0.6 is 22.7 Å². The van der Waals surface area contributed by atoms with Gasteiger partial charge < -0.3 is 16.4 Å². The monoisotopic (exact) mass is 386 g/mol. The quantitative estimate of drug-likeness (QED) is 0.597. The molecule has 0 spiro atoms. The summed E-state index contributed by atoms with van der Waals surface area (Å²) in [6.45, 7) is 1.45. The van der Waals surface area contributed by atoms with Gasteiger partial charge in [-0.3, -0.25) is 9.59 Å². The molecule has 3 aromatic rings. The third-order valence-electron chi connectivity index (χ3n) is 3.54. The molecular weight excluding hydrogens is 368 g/mol. The number of carbonyl (C=O) groups is 2. The molecule has 2 aromatic heterocycles. The van der Waals surface area contributed by atoms with Crippen molar-refractivity contribution < 1.29 is 9.59 Å². The molecule has 2 heterocycles. The Morgan fingerprint density at radius 2 is 1.81 bits per heavy atom. The van der Waals surface area contributed by atoms with Gasteiger partial charge in [0.15, 0.2) is 5.13 Å². The van der Waals surface area contributed by atoms with Crippen molar-refractivity contribution in [1.82, 2.24) is 4.98 Å². The lowest BCUT2D eigenvalue weighted by atomic mass is 10.2. The molecule has 0 bridgehead atoms. The number of nitrogens with one attached hydrogen (secondary N) is 2. The van der Waals surface area contributed by atoms with E-state index in [-0.39, 0.29) is 11.8 Å². The summed E-state index contributed by atoms with van der Waals surface area (Å²) in [6.07, 6.45) is 0.922. The topological polar surface area (TPSA) is 97.1 Å². The van der Waals surface area contributed by atoms with E-state index in [2.05, 4.69) is 15.6 Å². The third kappa shape index (κ3) is 4.68. The summed E-state index contributed by atoms with van der Waals surface area (Å²) in [5, 5.41) is 8.05. The second kappa shape index (κ2) is 8.11. The van der Waals surface area contributed by atoms with Crippen molar-refractivity contribution in [2.75, 3.05) is 16.4 Å². The zero-order chi connectivity index (χ0) is 18.5. The fraction of sp³-hybridized carbons (Fsp3) is 0.167. The predicted octanol–water partition coefficient (Wildman–Crippen LogP) is 3.98. The summed E-state index contributed by atoms with van der Waals surface area (Å²) in [7, 11) is 0. The molecule has 0 atom stereocenters. The summed E-state index contributed by atoms with van der Waals surface area (Å²) < 4.78 is 0. The zero-order valence-electron chi connectivity index (χ0n) is 14.1. The van der Waals surface area contributed by atoms with E-state index < -0.39 is 0 Å². The van der Waals surface area contributed by atoms with Crippen LogP contribution in [-0.4, -0.2) is 16.8 Å². The van der Waals surface area contributed by atoms with Gasteiger partial charge in [-0.15, -0.1) is 22.7 Å². The number of amides is 2. The highest BCUT2D eigenvalue weighted by Crippen LogP contribution is 2.33. The van der Waals surface area contributed by atoms with Crippen molar-refractivity contribution in [3.63, 3.8) is 0 Å². The minimum absolute atomic E-state index is 0.0821. The van der Waals surface area contributed by atoms with Gasteiger partial charge in [0.1, 0.15) is 0 Å². The van der Waals surface area contributed by atoms with Crippen LogP contribution in [0.25, 0.3) is 10.6 Å². The minimum Gasteiger partial charge on any atom is -0.375 e. The highest BCUT2D eigenvalue weighted by Gasteiger charge is 2.14. The molecule has 26 heavy (non-hydrogen) atoms. The molecule has 3 rings (SSSR count). The normalized spacial score (nSPS) is 10.5. The van der Waals surface area contributed by atoms with Crippen LogP contribution in [-0.2, 0) is 16.0 Å². The van der Waals surface area contributed by atoms with Crippen molar-refractivity contribution in [2.24, 2.45) is 0 Å². The Morgan fingerprint density at radius 3 is 2.42 bits per heavy atom. The molecule has 2 amide bonds. The van der Waals surface area contributed by atoms with Gasteiger partial charge in [0.05, 0.1) is 10.6 Å². The first-order chi connectivity index (χ1) is 12.5. The molecule has 6 nitrogen and oxygen atoms in total. The first kappa shape index (κ1) is 18.1. The SMILES string of the molecule is CC(=O)Nc1ccc(NC(=O)CCc2sc(N)nc2-c2cccs2)cc1. The van der Waals surface area contributed by atoms with Gasteiger partial charge in [0.25, 0.3) is 0 Å². The molecule has 0 fully saturated rings. The fourth-order valence-electron chi connectivity index (χ4n) is 2.44. The van der Waals surface area contributed by atoms with Gasteiger partial charge in [0, 0.05) is 29.6 Å². The molecule has 0 aliphatic rings. The molecular formula is C18H18N4O2S2. The predicted molar refractivity (Wildman–Crippen MR) is 108 cm³/mol. The van der Waals surface area contributed by atoms with Gasteiger partial charge in [0.2, 0.25) is 11.8 Å². The van der Waals surface area contributed by atoms with E-state index >= 15 is 0 Å². The number of hydrogen-bond acceptors (Lipinski definition) is 6. The van der Waals surface area contributed by atoms with Crippen molar-refractivity contribution >= 4 is 51.0 Å². The van der Waals surface area contributed by atoms with E-state index in [1.54, 1.807) is 35.6 Å². The first-order valence-corrected chi connectivity index (χ1v) is 9.67. The molecule has 0 aliphatic carbocycles. The Balaban J connectivity index is 1.59. The molecule has 0 saturated heterocycles. The van der Waals surface area contributed by atoms with Gasteiger partial charge in [-0.25, -0.2) is 4.98 Å². The van der Waals surface area contributed by atoms with Crippen molar-refractivity contribution in [1.29, 1.82) is 0 Å². The zero-order valence-corrected chi connectivity index (χ0v) is 15.7. The Bertz CT molecular complexity index is 902. The van der Waals surface area contributed by atoms with Gasteiger partial charge in [-0.1, -0.05) is 6.07 Å². The number of thiazole rings is 1. The Hall–Kier alpha value is -2.71. The Morgan fingerprint density at radius 1 is 1.12 bits per heavy atom. The summed E-state index contributed by atoms with van der Waals surface area (Å²) in [5.41, 5.74) is 8.09. The van der Waals surface area contributed by atoms with E-state index in [1.807, 2.05) is 17.5 Å². The summed E-state index contributed by atoms with van der Waals surface area (Å²) in [4.78, 5) is 29.7. The lowest BCUT2D eigenvalue weighted by molar-refractivity contribution is -0.116. The largest absolute Gasteiger partial charge is 0.375 e. The van der Waals surface area contributed by atoms with Crippen LogP contribution < -0.4 is 16.4 Å². The Labute approximate surface area is 159 Å². The van der Waals surface area contributed by atoms with E-state index in [0.717, 1.165) is 15.4 Å². The number of rotatable bonds is 6. The number of thiophene rings is 1. The number of anilines is 3. The first-order valence-electron chi connectivity index (χ1n) is 7.98. The highest BCUT2D eigenvalue weighted by atomic mass is 32.1.